The lowest BCUT2D eigenvalue weighted by molar-refractivity contribution is -0.113. The first-order valence-electron chi connectivity index (χ1n) is 14.7. The van der Waals surface area contributed by atoms with Gasteiger partial charge in [0.15, 0.2) is 4.80 Å². The van der Waals surface area contributed by atoms with Gasteiger partial charge in [0.2, 0.25) is 0 Å². The monoisotopic (exact) mass is 617 g/mol. The summed E-state index contributed by atoms with van der Waals surface area (Å²) >= 11 is 1.33. The summed E-state index contributed by atoms with van der Waals surface area (Å²) in [6.07, 6.45) is 1.93. The third kappa shape index (κ3) is 5.62. The van der Waals surface area contributed by atoms with E-state index < -0.39 is 6.04 Å². The van der Waals surface area contributed by atoms with E-state index in [9.17, 15) is 9.59 Å². The first-order chi connectivity index (χ1) is 21.7. The van der Waals surface area contributed by atoms with Crippen molar-refractivity contribution in [3.63, 3.8) is 0 Å². The fourth-order valence-electron chi connectivity index (χ4n) is 5.83. The molecule has 1 N–H and O–H groups in total. The lowest BCUT2D eigenvalue weighted by Crippen LogP contribution is -2.40. The van der Waals surface area contributed by atoms with Crippen molar-refractivity contribution in [1.29, 1.82) is 0 Å². The maximum absolute atomic E-state index is 14.2. The molecule has 1 aliphatic rings. The first kappa shape index (κ1) is 29.9. The highest BCUT2D eigenvalue weighted by Crippen LogP contribution is 2.32. The Bertz CT molecular complexity index is 2120. The number of carbonyl (C=O) groups excluding carboxylic acids is 1. The highest BCUT2D eigenvalue weighted by atomic mass is 32.1. The van der Waals surface area contributed by atoms with Gasteiger partial charge in [-0.3, -0.25) is 14.2 Å². The van der Waals surface area contributed by atoms with E-state index in [4.69, 9.17) is 9.73 Å². The molecule has 0 radical (unpaired) electrons. The van der Waals surface area contributed by atoms with Crippen LogP contribution in [0.15, 0.2) is 106 Å². The van der Waals surface area contributed by atoms with Crippen molar-refractivity contribution in [2.45, 2.75) is 26.8 Å². The number of fused-ring (bicyclic) bond motifs is 1. The maximum atomic E-state index is 14.2. The van der Waals surface area contributed by atoms with E-state index in [1.165, 1.54) is 11.3 Å². The summed E-state index contributed by atoms with van der Waals surface area (Å²) in [7, 11) is 5.64. The maximum Gasteiger partial charge on any atom is 0.271 e. The van der Waals surface area contributed by atoms with Crippen LogP contribution in [0.4, 0.5) is 11.4 Å². The Morgan fingerprint density at radius 2 is 1.71 bits per heavy atom. The minimum atomic E-state index is -0.690. The molecule has 2 aromatic heterocycles. The van der Waals surface area contributed by atoms with Gasteiger partial charge >= 0.3 is 0 Å². The second-order valence-electron chi connectivity index (χ2n) is 11.3. The molecule has 0 bridgehead atoms. The van der Waals surface area contributed by atoms with Crippen molar-refractivity contribution in [3.05, 3.63) is 138 Å². The van der Waals surface area contributed by atoms with Crippen LogP contribution < -0.4 is 29.8 Å². The molecule has 1 amide bonds. The number of amides is 1. The van der Waals surface area contributed by atoms with Gasteiger partial charge in [-0.1, -0.05) is 41.7 Å². The molecule has 0 unspecified atom stereocenters. The number of carbonyl (C=O) groups is 1. The molecule has 3 heterocycles. The Hall–Kier alpha value is -5.15. The number of rotatable bonds is 7. The number of aromatic nitrogens is 2. The van der Waals surface area contributed by atoms with Crippen molar-refractivity contribution >= 4 is 34.7 Å². The smallest absolute Gasteiger partial charge is 0.271 e. The fourth-order valence-corrected chi connectivity index (χ4v) is 6.87. The summed E-state index contributed by atoms with van der Waals surface area (Å²) < 4.78 is 9.88. The topological polar surface area (TPSA) is 80.9 Å². The summed E-state index contributed by atoms with van der Waals surface area (Å²) in [5.74, 6) is 0.325. The molecule has 1 aliphatic heterocycles. The molecular weight excluding hydrogens is 582 g/mol. The summed E-state index contributed by atoms with van der Waals surface area (Å²) in [6, 6.07) is 26.6. The lowest BCUT2D eigenvalue weighted by Gasteiger charge is -2.25. The van der Waals surface area contributed by atoms with Gasteiger partial charge < -0.3 is 19.5 Å². The van der Waals surface area contributed by atoms with Crippen LogP contribution in [0.2, 0.25) is 0 Å². The predicted octanol–water partition coefficient (Wildman–Crippen LogP) is 5.36. The van der Waals surface area contributed by atoms with Crippen LogP contribution in [0, 0.1) is 13.8 Å². The van der Waals surface area contributed by atoms with Crippen LogP contribution in [0.5, 0.6) is 5.75 Å². The number of hydrogen-bond acceptors (Lipinski definition) is 6. The Kier molecular flexibility index (Phi) is 8.03. The van der Waals surface area contributed by atoms with Crippen molar-refractivity contribution in [2.75, 3.05) is 31.4 Å². The van der Waals surface area contributed by atoms with Crippen LogP contribution in [0.3, 0.4) is 0 Å². The van der Waals surface area contributed by atoms with Crippen LogP contribution in [0.1, 0.15) is 35.5 Å². The van der Waals surface area contributed by atoms with E-state index in [2.05, 4.69) is 59.0 Å². The number of benzene rings is 3. The number of hydrogen-bond donors (Lipinski definition) is 1. The number of aryl methyl sites for hydroxylation is 1. The van der Waals surface area contributed by atoms with Gasteiger partial charge in [0.25, 0.3) is 11.5 Å². The summed E-state index contributed by atoms with van der Waals surface area (Å²) in [4.78, 5) is 35.5. The van der Waals surface area contributed by atoms with Crippen LogP contribution >= 0.6 is 11.3 Å². The van der Waals surface area contributed by atoms with Crippen LogP contribution in [0.25, 0.3) is 11.8 Å². The number of nitrogens with one attached hydrogen (secondary N) is 1. The summed E-state index contributed by atoms with van der Waals surface area (Å²) in [6.45, 7) is 5.94. The number of nitrogens with zero attached hydrogens (tertiary/aromatic N) is 4. The van der Waals surface area contributed by atoms with E-state index in [0.29, 0.717) is 32.0 Å². The molecule has 3 aromatic carbocycles. The molecule has 0 spiro atoms. The molecule has 0 aliphatic carbocycles. The van der Waals surface area contributed by atoms with Crippen molar-refractivity contribution in [2.24, 2.45) is 4.99 Å². The molecule has 6 rings (SSSR count). The molecule has 45 heavy (non-hydrogen) atoms. The molecular formula is C36H35N5O3S. The average molecular weight is 618 g/mol. The second kappa shape index (κ2) is 12.1. The fraction of sp³-hybridized carbons (Fsp3) is 0.194. The highest BCUT2D eigenvalue weighted by molar-refractivity contribution is 7.07. The quantitative estimate of drug-likeness (QED) is 0.267. The molecule has 5 aromatic rings. The van der Waals surface area contributed by atoms with Crippen molar-refractivity contribution in [1.82, 2.24) is 9.13 Å². The zero-order chi connectivity index (χ0) is 31.8. The standard InChI is InChI=1S/C36H35N5O3S/c1-22-19-26(24(3)40(22)29-17-15-28(16-18-29)39(4)5)21-31-35(43)41-33(25-11-10-14-30(20-25)44-6)32(23(2)37-36(41)45-31)34(42)38-27-12-8-7-9-13-27/h7-21,33H,1-6H3,(H,38,42)/b31-21+/t33-/m0/s1. The van der Waals surface area contributed by atoms with Gasteiger partial charge in [0.1, 0.15) is 5.75 Å². The normalized spacial score (nSPS) is 14.6. The Morgan fingerprint density at radius 1 is 0.978 bits per heavy atom. The molecule has 228 valence electrons. The average Bonchev–Trinajstić information content (AvgIpc) is 3.49. The largest absolute Gasteiger partial charge is 0.497 e. The minimum Gasteiger partial charge on any atom is -0.497 e. The van der Waals surface area contributed by atoms with E-state index in [0.717, 1.165) is 33.9 Å². The van der Waals surface area contributed by atoms with Crippen molar-refractivity contribution < 1.29 is 9.53 Å². The predicted molar refractivity (Wildman–Crippen MR) is 181 cm³/mol. The molecule has 1 atom stereocenters. The highest BCUT2D eigenvalue weighted by Gasteiger charge is 2.33. The lowest BCUT2D eigenvalue weighted by atomic mass is 9.95. The number of ether oxygens (including phenoxy) is 1. The number of allylic oxidation sites excluding steroid dienone is 1. The van der Waals surface area contributed by atoms with Gasteiger partial charge in [-0.15, -0.1) is 0 Å². The molecule has 0 saturated carbocycles. The van der Waals surface area contributed by atoms with Gasteiger partial charge in [-0.25, -0.2) is 4.99 Å². The zero-order valence-corrected chi connectivity index (χ0v) is 27.0. The molecule has 9 heteroatoms. The van der Waals surface area contributed by atoms with E-state index >= 15 is 0 Å². The number of para-hydroxylation sites is 1. The molecule has 0 fully saturated rings. The van der Waals surface area contributed by atoms with Crippen LogP contribution in [-0.4, -0.2) is 36.2 Å². The van der Waals surface area contributed by atoms with Crippen molar-refractivity contribution in [3.8, 4) is 11.4 Å². The molecule has 8 nitrogen and oxygen atoms in total. The van der Waals surface area contributed by atoms with E-state index in [1.54, 1.807) is 11.7 Å². The van der Waals surface area contributed by atoms with Gasteiger partial charge in [-0.05, 0) is 92.6 Å². The Morgan fingerprint density at radius 3 is 2.40 bits per heavy atom. The molecule has 0 saturated heterocycles. The third-order valence-electron chi connectivity index (χ3n) is 8.09. The minimum absolute atomic E-state index is 0.204. The summed E-state index contributed by atoms with van der Waals surface area (Å²) in [5, 5.41) is 3.00. The third-order valence-corrected chi connectivity index (χ3v) is 9.07. The second-order valence-corrected chi connectivity index (χ2v) is 12.3. The SMILES string of the molecule is COc1cccc([C@H]2C(C(=O)Nc3ccccc3)=C(C)N=c3s/c(=C/c4cc(C)n(-c5ccc(N(C)C)cc5)c4C)c(=O)n32)c1. The van der Waals surface area contributed by atoms with Gasteiger partial charge in [-0.2, -0.15) is 0 Å². The van der Waals surface area contributed by atoms with Gasteiger partial charge in [0, 0.05) is 42.5 Å². The number of anilines is 2. The zero-order valence-electron chi connectivity index (χ0n) is 26.2. The van der Waals surface area contributed by atoms with E-state index in [1.807, 2.05) is 81.7 Å². The van der Waals surface area contributed by atoms with Gasteiger partial charge in [0.05, 0.1) is 29.0 Å². The Balaban J connectivity index is 1.47. The van der Waals surface area contributed by atoms with E-state index in [-0.39, 0.29) is 11.5 Å². The first-order valence-corrected chi connectivity index (χ1v) is 15.5. The number of thiazole rings is 1. The summed E-state index contributed by atoms with van der Waals surface area (Å²) in [5.41, 5.74) is 7.40. The number of methoxy groups -OCH3 is 1. The Labute approximate surface area is 265 Å². The van der Waals surface area contributed by atoms with Crippen LogP contribution in [-0.2, 0) is 4.79 Å².